The minimum atomic E-state index is -0.457. The highest BCUT2D eigenvalue weighted by Gasteiger charge is 2.15. The maximum Gasteiger partial charge on any atom is 0.171 e. The van der Waals surface area contributed by atoms with Crippen LogP contribution in [0.4, 0.5) is 0 Å². The largest absolute Gasteiger partial charge is 0.234 e. The van der Waals surface area contributed by atoms with E-state index in [1.54, 1.807) is 5.41 Å². The summed E-state index contributed by atoms with van der Waals surface area (Å²) < 4.78 is 1.00. The molecule has 1 radical (unpaired) electrons. The normalized spacial score (nSPS) is 17.2. The second-order valence-corrected chi connectivity index (χ2v) is 2.04. The molecule has 0 fully saturated rings. The van der Waals surface area contributed by atoms with Crippen LogP contribution in [0.15, 0.2) is 5.41 Å². The number of rotatable bonds is 1. The highest BCUT2D eigenvalue weighted by molar-refractivity contribution is 7.99. The molecule has 4 nitrogen and oxygen atoms in total. The third-order valence-corrected chi connectivity index (χ3v) is 1.44. The standard InChI is InChI=1S/C3H3N2O2S/c6-5(7)4-2-1-3-8-4/h3H,2H2. The predicted octanol–water partition coefficient (Wildman–Crippen LogP) is 0.459. The first-order valence-electron chi connectivity index (χ1n) is 1.94. The minimum absolute atomic E-state index is 0.289. The Balaban J connectivity index is 2.41. The molecule has 1 aliphatic heterocycles. The summed E-state index contributed by atoms with van der Waals surface area (Å²) in [6, 6.07) is 0. The molecule has 43 valence electrons. The summed E-state index contributed by atoms with van der Waals surface area (Å²) in [6.45, 7) is 0.289. The van der Waals surface area contributed by atoms with Gasteiger partial charge in [0.1, 0.15) is 6.54 Å². The highest BCUT2D eigenvalue weighted by Crippen LogP contribution is 2.15. The van der Waals surface area contributed by atoms with E-state index >= 15 is 0 Å². The maximum absolute atomic E-state index is 9.85. The van der Waals surface area contributed by atoms with E-state index in [-0.39, 0.29) is 6.54 Å². The van der Waals surface area contributed by atoms with Gasteiger partial charge in [-0.15, -0.1) is 0 Å². The van der Waals surface area contributed by atoms with Crippen molar-refractivity contribution in [3.63, 3.8) is 0 Å². The zero-order valence-electron chi connectivity index (χ0n) is 3.90. The fraction of sp³-hybridized carbons (Fsp3) is 0.333. The van der Waals surface area contributed by atoms with E-state index in [4.69, 9.17) is 0 Å². The van der Waals surface area contributed by atoms with Gasteiger partial charge in [0.05, 0.1) is 0 Å². The molecule has 1 aliphatic rings. The molecule has 0 saturated heterocycles. The number of nitrogens with zero attached hydrogens (tertiary/aromatic N) is 2. The van der Waals surface area contributed by atoms with Gasteiger partial charge in [-0.2, -0.15) is 0 Å². The van der Waals surface area contributed by atoms with Crippen molar-refractivity contribution in [1.29, 1.82) is 0 Å². The Labute approximate surface area is 50.4 Å². The molecule has 0 saturated carbocycles. The Kier molecular flexibility index (Phi) is 1.38. The van der Waals surface area contributed by atoms with Crippen LogP contribution in [0, 0.1) is 16.2 Å². The molecule has 0 atom stereocenters. The van der Waals surface area contributed by atoms with Gasteiger partial charge in [-0.25, -0.2) is 10.1 Å². The molecule has 0 unspecified atom stereocenters. The summed E-state index contributed by atoms with van der Waals surface area (Å²) in [5.74, 6) is 0. The molecule has 8 heavy (non-hydrogen) atoms. The predicted molar refractivity (Wildman–Crippen MR) is 29.1 cm³/mol. The van der Waals surface area contributed by atoms with E-state index < -0.39 is 5.03 Å². The van der Waals surface area contributed by atoms with Gasteiger partial charge in [-0.1, -0.05) is 4.41 Å². The van der Waals surface area contributed by atoms with Gasteiger partial charge in [0.15, 0.2) is 5.03 Å². The molecule has 0 aromatic carbocycles. The van der Waals surface area contributed by atoms with E-state index in [0.29, 0.717) is 0 Å². The van der Waals surface area contributed by atoms with E-state index in [9.17, 15) is 10.1 Å². The van der Waals surface area contributed by atoms with Crippen LogP contribution in [-0.2, 0) is 0 Å². The van der Waals surface area contributed by atoms with Crippen molar-refractivity contribution in [1.82, 2.24) is 4.41 Å². The second kappa shape index (κ2) is 2.04. The highest BCUT2D eigenvalue weighted by atomic mass is 32.2. The fourth-order valence-electron chi connectivity index (χ4n) is 0.347. The fourth-order valence-corrected chi connectivity index (χ4v) is 0.844. The van der Waals surface area contributed by atoms with E-state index in [1.807, 2.05) is 0 Å². The van der Waals surface area contributed by atoms with Crippen molar-refractivity contribution < 1.29 is 5.03 Å². The average molecular weight is 131 g/mol. The lowest BCUT2D eigenvalue weighted by atomic mass is 10.7. The van der Waals surface area contributed by atoms with Crippen LogP contribution in [0.1, 0.15) is 0 Å². The molecule has 0 spiro atoms. The average Bonchev–Trinajstić information content (AvgIpc) is 2.12. The Bertz CT molecular complexity index is 127. The summed E-state index contributed by atoms with van der Waals surface area (Å²) in [7, 11) is 0. The van der Waals surface area contributed by atoms with Crippen molar-refractivity contribution in [3.05, 3.63) is 21.6 Å². The van der Waals surface area contributed by atoms with Gasteiger partial charge in [-0.3, -0.25) is 0 Å². The van der Waals surface area contributed by atoms with E-state index in [1.165, 1.54) is 0 Å². The summed E-state index contributed by atoms with van der Waals surface area (Å²) in [4.78, 5) is 9.85. The van der Waals surface area contributed by atoms with Crippen LogP contribution in [0.5, 0.6) is 0 Å². The zero-order valence-corrected chi connectivity index (χ0v) is 4.72. The summed E-state index contributed by atoms with van der Waals surface area (Å²) in [6.07, 6.45) is 2.68. The maximum atomic E-state index is 9.85. The second-order valence-electron chi connectivity index (χ2n) is 1.18. The first-order chi connectivity index (χ1) is 3.80. The van der Waals surface area contributed by atoms with E-state index in [2.05, 4.69) is 6.08 Å². The minimum Gasteiger partial charge on any atom is -0.234 e. The number of hydrogen-bond donors (Lipinski definition) is 0. The Morgan fingerprint density at radius 2 is 2.75 bits per heavy atom. The monoisotopic (exact) mass is 131 g/mol. The Morgan fingerprint density at radius 3 is 3.00 bits per heavy atom. The molecule has 0 aliphatic carbocycles. The van der Waals surface area contributed by atoms with Crippen LogP contribution in [0.25, 0.3) is 0 Å². The first-order valence-corrected chi connectivity index (χ1v) is 2.78. The molecule has 0 aromatic heterocycles. The van der Waals surface area contributed by atoms with Crippen molar-refractivity contribution in [2.75, 3.05) is 6.54 Å². The third kappa shape index (κ3) is 0.919. The van der Waals surface area contributed by atoms with Crippen molar-refractivity contribution in [2.45, 2.75) is 0 Å². The molecular weight excluding hydrogens is 128 g/mol. The molecule has 0 aromatic rings. The molecular formula is C3H3N2O2S. The molecule has 0 amide bonds. The third-order valence-electron chi connectivity index (χ3n) is 0.666. The molecule has 0 bridgehead atoms. The van der Waals surface area contributed by atoms with Crippen molar-refractivity contribution >= 4 is 11.9 Å². The van der Waals surface area contributed by atoms with Crippen molar-refractivity contribution in [2.24, 2.45) is 0 Å². The van der Waals surface area contributed by atoms with Gasteiger partial charge in [0, 0.05) is 17.4 Å². The first kappa shape index (κ1) is 5.43. The molecule has 5 heteroatoms. The van der Waals surface area contributed by atoms with Crippen LogP contribution in [-0.4, -0.2) is 16.0 Å². The molecule has 1 rings (SSSR count). The topological polar surface area (TPSA) is 46.4 Å². The quantitative estimate of drug-likeness (QED) is 0.294. The number of hydrogen-bond acceptors (Lipinski definition) is 3. The number of nitro groups is 1. The van der Waals surface area contributed by atoms with Crippen LogP contribution < -0.4 is 0 Å². The van der Waals surface area contributed by atoms with Crippen molar-refractivity contribution in [3.8, 4) is 0 Å². The van der Waals surface area contributed by atoms with Crippen LogP contribution in [0.3, 0.4) is 0 Å². The summed E-state index contributed by atoms with van der Waals surface area (Å²) in [5, 5.41) is 11.0. The van der Waals surface area contributed by atoms with Gasteiger partial charge in [0.25, 0.3) is 0 Å². The smallest absolute Gasteiger partial charge is 0.171 e. The summed E-state index contributed by atoms with van der Waals surface area (Å²) >= 11 is 1.05. The van der Waals surface area contributed by atoms with Gasteiger partial charge < -0.3 is 0 Å². The Hall–Kier alpha value is -0.710. The van der Waals surface area contributed by atoms with Gasteiger partial charge in [0.2, 0.25) is 0 Å². The molecule has 1 heterocycles. The Morgan fingerprint density at radius 1 is 2.00 bits per heavy atom. The number of hydrazine groups is 1. The van der Waals surface area contributed by atoms with Gasteiger partial charge >= 0.3 is 0 Å². The lowest BCUT2D eigenvalue weighted by molar-refractivity contribution is -0.614. The van der Waals surface area contributed by atoms with E-state index in [0.717, 1.165) is 16.4 Å². The molecule has 0 N–H and O–H groups in total. The van der Waals surface area contributed by atoms with Crippen LogP contribution >= 0.6 is 11.9 Å². The van der Waals surface area contributed by atoms with Gasteiger partial charge in [-0.05, 0) is 6.08 Å². The lowest BCUT2D eigenvalue weighted by Gasteiger charge is -1.99. The lowest BCUT2D eigenvalue weighted by Crippen LogP contribution is -2.19. The SMILES string of the molecule is O=[N+]([O-])N1C[C]=CS1. The van der Waals surface area contributed by atoms with Crippen LogP contribution in [0.2, 0.25) is 0 Å². The summed E-state index contributed by atoms with van der Waals surface area (Å²) in [5.41, 5.74) is 0. The zero-order chi connectivity index (χ0) is 5.98.